The summed E-state index contributed by atoms with van der Waals surface area (Å²) in [5.74, 6) is 1.07. The number of ether oxygens (including phenoxy) is 1. The first-order valence-corrected chi connectivity index (χ1v) is 5.55. The van der Waals surface area contributed by atoms with Crippen molar-refractivity contribution in [3.05, 3.63) is 29.3 Å². The highest BCUT2D eigenvalue weighted by atomic mass is 16.5. The van der Waals surface area contributed by atoms with Crippen molar-refractivity contribution in [1.82, 2.24) is 5.32 Å². The van der Waals surface area contributed by atoms with Crippen molar-refractivity contribution in [1.29, 1.82) is 0 Å². The maximum atomic E-state index is 5.57. The third kappa shape index (κ3) is 2.70. The number of aryl methyl sites for hydroxylation is 1. The molecule has 1 aromatic rings. The van der Waals surface area contributed by atoms with E-state index in [1.807, 2.05) is 0 Å². The van der Waals surface area contributed by atoms with Gasteiger partial charge in [-0.1, -0.05) is 12.1 Å². The number of rotatable bonds is 4. The Kier molecular flexibility index (Phi) is 3.59. The van der Waals surface area contributed by atoms with E-state index in [0.717, 1.165) is 38.2 Å². The van der Waals surface area contributed by atoms with Crippen LogP contribution in [0.1, 0.15) is 17.5 Å². The molecule has 1 aliphatic heterocycles. The molecule has 0 atom stereocenters. The Morgan fingerprint density at radius 2 is 2.33 bits per heavy atom. The normalized spacial score (nSPS) is 14.5. The first-order valence-electron chi connectivity index (χ1n) is 5.55. The van der Waals surface area contributed by atoms with Gasteiger partial charge in [0.1, 0.15) is 5.75 Å². The predicted molar refractivity (Wildman–Crippen MR) is 61.0 cm³/mol. The van der Waals surface area contributed by atoms with Crippen LogP contribution in [0.5, 0.6) is 5.75 Å². The third-order valence-corrected chi connectivity index (χ3v) is 2.71. The molecule has 3 nitrogen and oxygen atoms in total. The van der Waals surface area contributed by atoms with Crippen LogP contribution in [0.2, 0.25) is 0 Å². The van der Waals surface area contributed by atoms with Gasteiger partial charge < -0.3 is 15.8 Å². The Hall–Kier alpha value is -1.06. The van der Waals surface area contributed by atoms with E-state index in [4.69, 9.17) is 10.5 Å². The van der Waals surface area contributed by atoms with Crippen molar-refractivity contribution < 1.29 is 4.74 Å². The first-order chi connectivity index (χ1) is 7.40. The van der Waals surface area contributed by atoms with Gasteiger partial charge in [0.15, 0.2) is 0 Å². The van der Waals surface area contributed by atoms with Crippen LogP contribution in [-0.4, -0.2) is 19.8 Å². The number of hydrogen-bond donors (Lipinski definition) is 2. The molecule has 3 heteroatoms. The molecule has 82 valence electrons. The van der Waals surface area contributed by atoms with Gasteiger partial charge >= 0.3 is 0 Å². The fourth-order valence-corrected chi connectivity index (χ4v) is 1.90. The van der Waals surface area contributed by atoms with Crippen molar-refractivity contribution in [3.63, 3.8) is 0 Å². The van der Waals surface area contributed by atoms with Crippen LogP contribution >= 0.6 is 0 Å². The molecule has 0 unspecified atom stereocenters. The second kappa shape index (κ2) is 5.14. The van der Waals surface area contributed by atoms with Crippen LogP contribution in [0.15, 0.2) is 18.2 Å². The van der Waals surface area contributed by atoms with Crippen molar-refractivity contribution in [2.75, 3.05) is 19.8 Å². The van der Waals surface area contributed by atoms with Gasteiger partial charge in [0.25, 0.3) is 0 Å². The number of nitrogens with one attached hydrogen (secondary N) is 1. The van der Waals surface area contributed by atoms with Gasteiger partial charge in [-0.25, -0.2) is 0 Å². The van der Waals surface area contributed by atoms with E-state index in [9.17, 15) is 0 Å². The lowest BCUT2D eigenvalue weighted by atomic mass is 10.0. The summed E-state index contributed by atoms with van der Waals surface area (Å²) in [6, 6.07) is 6.49. The van der Waals surface area contributed by atoms with E-state index in [1.165, 1.54) is 11.1 Å². The van der Waals surface area contributed by atoms with Crippen molar-refractivity contribution in [2.45, 2.75) is 19.3 Å². The van der Waals surface area contributed by atoms with Gasteiger partial charge in [-0.3, -0.25) is 0 Å². The SMILES string of the molecule is NCNCCc1ccc2c(c1)CCCO2. The second-order valence-corrected chi connectivity index (χ2v) is 3.85. The molecule has 0 amide bonds. The third-order valence-electron chi connectivity index (χ3n) is 2.71. The smallest absolute Gasteiger partial charge is 0.122 e. The monoisotopic (exact) mass is 206 g/mol. The lowest BCUT2D eigenvalue weighted by Gasteiger charge is -2.17. The highest BCUT2D eigenvalue weighted by Crippen LogP contribution is 2.25. The van der Waals surface area contributed by atoms with E-state index in [2.05, 4.69) is 23.5 Å². The molecule has 0 fully saturated rings. The van der Waals surface area contributed by atoms with Crippen LogP contribution in [0.3, 0.4) is 0 Å². The van der Waals surface area contributed by atoms with E-state index in [-0.39, 0.29) is 0 Å². The molecular formula is C12H18N2O. The minimum atomic E-state index is 0.550. The lowest BCUT2D eigenvalue weighted by molar-refractivity contribution is 0.288. The molecule has 2 rings (SSSR count). The lowest BCUT2D eigenvalue weighted by Crippen LogP contribution is -2.24. The maximum absolute atomic E-state index is 5.57. The molecule has 1 aromatic carbocycles. The van der Waals surface area contributed by atoms with Gasteiger partial charge in [-0.15, -0.1) is 0 Å². The molecule has 0 bridgehead atoms. The van der Waals surface area contributed by atoms with Gasteiger partial charge in [-0.2, -0.15) is 0 Å². The predicted octanol–water partition coefficient (Wildman–Crippen LogP) is 1.06. The molecular weight excluding hydrogens is 188 g/mol. The van der Waals surface area contributed by atoms with E-state index in [0.29, 0.717) is 6.67 Å². The zero-order valence-electron chi connectivity index (χ0n) is 8.96. The molecule has 1 heterocycles. The number of nitrogens with two attached hydrogens (primary N) is 1. The van der Waals surface area contributed by atoms with Crippen molar-refractivity contribution >= 4 is 0 Å². The molecule has 0 aliphatic carbocycles. The number of fused-ring (bicyclic) bond motifs is 1. The highest BCUT2D eigenvalue weighted by Gasteiger charge is 2.09. The topological polar surface area (TPSA) is 47.3 Å². The minimum absolute atomic E-state index is 0.550. The average molecular weight is 206 g/mol. The summed E-state index contributed by atoms with van der Waals surface area (Å²) in [6.45, 7) is 2.35. The Morgan fingerprint density at radius 3 is 3.20 bits per heavy atom. The fraction of sp³-hybridized carbons (Fsp3) is 0.500. The van der Waals surface area contributed by atoms with Crippen LogP contribution in [-0.2, 0) is 12.8 Å². The molecule has 3 N–H and O–H groups in total. The van der Waals surface area contributed by atoms with Gasteiger partial charge in [0.05, 0.1) is 6.61 Å². The zero-order chi connectivity index (χ0) is 10.5. The Labute approximate surface area is 90.6 Å². The van der Waals surface area contributed by atoms with Gasteiger partial charge in [-0.05, 0) is 36.5 Å². The van der Waals surface area contributed by atoms with E-state index < -0.39 is 0 Å². The molecule has 0 spiro atoms. The second-order valence-electron chi connectivity index (χ2n) is 3.85. The quantitative estimate of drug-likeness (QED) is 0.572. The standard InChI is InChI=1S/C12H18N2O/c13-9-14-6-5-10-3-4-12-11(8-10)2-1-7-15-12/h3-4,8,14H,1-2,5-7,9,13H2. The van der Waals surface area contributed by atoms with Crippen molar-refractivity contribution in [2.24, 2.45) is 5.73 Å². The Bertz CT molecular complexity index is 325. The number of benzene rings is 1. The molecule has 1 aliphatic rings. The summed E-state index contributed by atoms with van der Waals surface area (Å²) in [5.41, 5.74) is 8.09. The fourth-order valence-electron chi connectivity index (χ4n) is 1.90. The van der Waals surface area contributed by atoms with Gasteiger partial charge in [0.2, 0.25) is 0 Å². The maximum Gasteiger partial charge on any atom is 0.122 e. The van der Waals surface area contributed by atoms with Gasteiger partial charge in [0, 0.05) is 13.2 Å². The van der Waals surface area contributed by atoms with Crippen LogP contribution in [0.4, 0.5) is 0 Å². The summed E-state index contributed by atoms with van der Waals surface area (Å²) in [6.07, 6.45) is 3.31. The average Bonchev–Trinajstić information content (AvgIpc) is 2.29. The largest absolute Gasteiger partial charge is 0.493 e. The summed E-state index contributed by atoms with van der Waals surface area (Å²) < 4.78 is 5.57. The van der Waals surface area contributed by atoms with E-state index >= 15 is 0 Å². The summed E-state index contributed by atoms with van der Waals surface area (Å²) in [7, 11) is 0. The van der Waals surface area contributed by atoms with Crippen LogP contribution < -0.4 is 15.8 Å². The van der Waals surface area contributed by atoms with Crippen LogP contribution in [0, 0.1) is 0 Å². The minimum Gasteiger partial charge on any atom is -0.493 e. The molecule has 0 saturated carbocycles. The summed E-state index contributed by atoms with van der Waals surface area (Å²) in [5, 5.41) is 3.12. The van der Waals surface area contributed by atoms with E-state index in [1.54, 1.807) is 0 Å². The molecule has 0 radical (unpaired) electrons. The molecule has 15 heavy (non-hydrogen) atoms. The first kappa shape index (κ1) is 10.5. The van der Waals surface area contributed by atoms with Crippen LogP contribution in [0.25, 0.3) is 0 Å². The Balaban J connectivity index is 2.00. The van der Waals surface area contributed by atoms with Crippen molar-refractivity contribution in [3.8, 4) is 5.75 Å². The Morgan fingerprint density at radius 1 is 1.40 bits per heavy atom. The summed E-state index contributed by atoms with van der Waals surface area (Å²) >= 11 is 0. The highest BCUT2D eigenvalue weighted by molar-refractivity contribution is 5.38. The zero-order valence-corrected chi connectivity index (χ0v) is 8.96. The summed E-state index contributed by atoms with van der Waals surface area (Å²) in [4.78, 5) is 0. The molecule has 0 saturated heterocycles. The molecule has 0 aromatic heterocycles. The number of hydrogen-bond acceptors (Lipinski definition) is 3.